The monoisotopic (exact) mass is 426 g/mol. The number of rotatable bonds is 9. The summed E-state index contributed by atoms with van der Waals surface area (Å²) in [4.78, 5) is 0. The molecule has 168 valence electrons. The molecule has 0 bridgehead atoms. The summed E-state index contributed by atoms with van der Waals surface area (Å²) >= 11 is 0. The van der Waals surface area contributed by atoms with Crippen LogP contribution in [0, 0.1) is 29.4 Å². The van der Waals surface area contributed by atoms with Gasteiger partial charge in [-0.15, -0.1) is 0 Å². The van der Waals surface area contributed by atoms with E-state index in [4.69, 9.17) is 14.6 Å². The van der Waals surface area contributed by atoms with Crippen molar-refractivity contribution in [1.82, 2.24) is 0 Å². The Balaban J connectivity index is 1.52. The molecule has 2 fully saturated rings. The molecule has 3 N–H and O–H groups in total. The fourth-order valence-corrected chi connectivity index (χ4v) is 4.56. The summed E-state index contributed by atoms with van der Waals surface area (Å²) in [6.45, 7) is 0.693. The summed E-state index contributed by atoms with van der Waals surface area (Å²) in [5.41, 5.74) is 0. The van der Waals surface area contributed by atoms with Crippen LogP contribution in [0.3, 0.4) is 0 Å². The summed E-state index contributed by atoms with van der Waals surface area (Å²) in [7, 11) is 0. The molecule has 1 aromatic carbocycles. The van der Waals surface area contributed by atoms with Crippen molar-refractivity contribution in [1.29, 1.82) is 0 Å². The van der Waals surface area contributed by atoms with Crippen LogP contribution in [0.2, 0.25) is 0 Å². The molecule has 1 aliphatic carbocycles. The highest BCUT2D eigenvalue weighted by Gasteiger charge is 2.43. The van der Waals surface area contributed by atoms with Gasteiger partial charge in [-0.3, -0.25) is 0 Å². The first-order valence-electron chi connectivity index (χ1n) is 10.8. The Kier molecular flexibility index (Phi) is 8.62. The second kappa shape index (κ2) is 11.2. The summed E-state index contributed by atoms with van der Waals surface area (Å²) in [5, 5.41) is 29.6. The number of ether oxygens (including phenoxy) is 2. The van der Waals surface area contributed by atoms with Crippen molar-refractivity contribution >= 4 is 0 Å². The Labute approximate surface area is 176 Å². The molecule has 30 heavy (non-hydrogen) atoms. The number of aliphatic hydroxyl groups excluding tert-OH is 3. The third-order valence-corrected chi connectivity index (χ3v) is 6.22. The van der Waals surface area contributed by atoms with Gasteiger partial charge in [0.25, 0.3) is 0 Å². The molecule has 0 unspecified atom stereocenters. The number of halogens is 2. The third-order valence-electron chi connectivity index (χ3n) is 6.22. The smallest absolute Gasteiger partial charge is 0.165 e. The van der Waals surface area contributed by atoms with E-state index in [1.54, 1.807) is 12.2 Å². The van der Waals surface area contributed by atoms with Crippen molar-refractivity contribution in [3.8, 4) is 5.75 Å². The molecule has 6 atom stereocenters. The fourth-order valence-electron chi connectivity index (χ4n) is 4.56. The first kappa shape index (κ1) is 23.1. The van der Waals surface area contributed by atoms with Gasteiger partial charge in [0, 0.05) is 31.6 Å². The minimum Gasteiger partial charge on any atom is -0.487 e. The van der Waals surface area contributed by atoms with Gasteiger partial charge in [-0.1, -0.05) is 18.6 Å². The van der Waals surface area contributed by atoms with Gasteiger partial charge in [0.1, 0.15) is 18.5 Å². The summed E-state index contributed by atoms with van der Waals surface area (Å²) < 4.78 is 38.1. The van der Waals surface area contributed by atoms with Crippen molar-refractivity contribution in [2.45, 2.75) is 56.8 Å². The van der Waals surface area contributed by atoms with Crippen molar-refractivity contribution in [2.75, 3.05) is 19.8 Å². The van der Waals surface area contributed by atoms with E-state index in [2.05, 4.69) is 0 Å². The van der Waals surface area contributed by atoms with Gasteiger partial charge in [-0.05, 0) is 49.7 Å². The lowest BCUT2D eigenvalue weighted by Gasteiger charge is -2.21. The lowest BCUT2D eigenvalue weighted by atomic mass is 9.86. The van der Waals surface area contributed by atoms with E-state index in [1.165, 1.54) is 0 Å². The number of unbranched alkanes of at least 4 members (excludes halogenated alkanes) is 1. The molecule has 0 aromatic heterocycles. The van der Waals surface area contributed by atoms with Gasteiger partial charge in [-0.2, -0.15) is 0 Å². The van der Waals surface area contributed by atoms with Crippen molar-refractivity contribution < 1.29 is 33.6 Å². The largest absolute Gasteiger partial charge is 0.487 e. The maximum Gasteiger partial charge on any atom is 0.165 e. The van der Waals surface area contributed by atoms with Crippen LogP contribution in [0.1, 0.15) is 38.5 Å². The van der Waals surface area contributed by atoms with Crippen LogP contribution < -0.4 is 4.74 Å². The second-order valence-corrected chi connectivity index (χ2v) is 8.42. The average molecular weight is 427 g/mol. The fraction of sp³-hybridized carbons (Fsp3) is 0.652. The summed E-state index contributed by atoms with van der Waals surface area (Å²) in [5.74, 6) is -0.998. The highest BCUT2D eigenvalue weighted by molar-refractivity contribution is 5.25. The Morgan fingerprint density at radius 2 is 2.07 bits per heavy atom. The zero-order chi connectivity index (χ0) is 21.5. The SMILES string of the molecule is OCCCC[C@H]1CC[C@@H]2[C@@H](/C=C/[C@@H](O)COc3cc(F)ccc3F)[C@H](O)C[C@@H]2OC1. The molecule has 1 aliphatic heterocycles. The molecule has 0 amide bonds. The van der Waals surface area contributed by atoms with Crippen molar-refractivity contribution in [3.63, 3.8) is 0 Å². The Bertz CT molecular complexity index is 698. The quantitative estimate of drug-likeness (QED) is 0.417. The molecule has 0 radical (unpaired) electrons. The molecule has 2 aliphatic rings. The van der Waals surface area contributed by atoms with Crippen LogP contribution in [-0.4, -0.2) is 53.5 Å². The van der Waals surface area contributed by atoms with E-state index in [1.807, 2.05) is 0 Å². The molecule has 1 heterocycles. The minimum absolute atomic E-state index is 0.00674. The van der Waals surface area contributed by atoms with E-state index in [-0.39, 0.29) is 36.9 Å². The van der Waals surface area contributed by atoms with Gasteiger partial charge in [-0.25, -0.2) is 8.78 Å². The van der Waals surface area contributed by atoms with Gasteiger partial charge >= 0.3 is 0 Å². The zero-order valence-corrected chi connectivity index (χ0v) is 17.1. The molecule has 3 rings (SSSR count). The Hall–Kier alpha value is -1.54. The number of aliphatic hydroxyl groups is 3. The molecular formula is C23H32F2O5. The first-order valence-corrected chi connectivity index (χ1v) is 10.8. The third kappa shape index (κ3) is 6.23. The Morgan fingerprint density at radius 1 is 1.23 bits per heavy atom. The molecule has 1 saturated carbocycles. The van der Waals surface area contributed by atoms with Gasteiger partial charge in [0.05, 0.1) is 12.2 Å². The predicted octanol–water partition coefficient (Wildman–Crippen LogP) is 3.22. The molecular weight excluding hydrogens is 394 g/mol. The lowest BCUT2D eigenvalue weighted by molar-refractivity contribution is 0.0180. The van der Waals surface area contributed by atoms with Crippen LogP contribution in [0.25, 0.3) is 0 Å². The summed E-state index contributed by atoms with van der Waals surface area (Å²) in [6, 6.07) is 2.92. The normalized spacial score (nSPS) is 30.2. The second-order valence-electron chi connectivity index (χ2n) is 8.42. The molecule has 7 heteroatoms. The van der Waals surface area contributed by atoms with E-state index in [9.17, 15) is 19.0 Å². The van der Waals surface area contributed by atoms with Crippen LogP contribution in [0.4, 0.5) is 8.78 Å². The lowest BCUT2D eigenvalue weighted by Crippen LogP contribution is -2.22. The van der Waals surface area contributed by atoms with E-state index < -0.39 is 23.8 Å². The number of hydrogen-bond donors (Lipinski definition) is 3. The van der Waals surface area contributed by atoms with Crippen LogP contribution >= 0.6 is 0 Å². The van der Waals surface area contributed by atoms with Gasteiger partial charge in [0.15, 0.2) is 11.6 Å². The Morgan fingerprint density at radius 3 is 2.87 bits per heavy atom. The molecule has 5 nitrogen and oxygen atoms in total. The maximum atomic E-state index is 13.6. The topological polar surface area (TPSA) is 79.2 Å². The number of hydrogen-bond acceptors (Lipinski definition) is 5. The van der Waals surface area contributed by atoms with Gasteiger partial charge in [0.2, 0.25) is 0 Å². The van der Waals surface area contributed by atoms with Crippen molar-refractivity contribution in [2.24, 2.45) is 17.8 Å². The zero-order valence-electron chi connectivity index (χ0n) is 17.1. The number of fused-ring (bicyclic) bond motifs is 1. The van der Waals surface area contributed by atoms with E-state index in [0.29, 0.717) is 18.9 Å². The van der Waals surface area contributed by atoms with E-state index >= 15 is 0 Å². The van der Waals surface area contributed by atoms with E-state index in [0.717, 1.165) is 50.3 Å². The average Bonchev–Trinajstić information content (AvgIpc) is 2.89. The molecule has 1 saturated heterocycles. The standard InChI is InChI=1S/C23H32F2O5/c24-16-5-9-20(25)23(11-16)30-14-17(27)6-8-18-19-7-4-15(3-1-2-10-26)13-29-22(19)12-21(18)28/h5-6,8-9,11,15,17-19,21-22,26-28H,1-4,7,10,12-14H2/b8-6+/t15-,17+,18+,19+,21+,22-/m0/s1. The molecule has 0 spiro atoms. The number of benzene rings is 1. The first-order chi connectivity index (χ1) is 14.5. The summed E-state index contributed by atoms with van der Waals surface area (Å²) in [6.07, 6.45) is 7.21. The highest BCUT2D eigenvalue weighted by Crippen LogP contribution is 2.42. The van der Waals surface area contributed by atoms with Gasteiger partial charge < -0.3 is 24.8 Å². The van der Waals surface area contributed by atoms with Crippen LogP contribution in [0.5, 0.6) is 5.75 Å². The minimum atomic E-state index is -1.00. The highest BCUT2D eigenvalue weighted by atomic mass is 19.1. The predicted molar refractivity (Wildman–Crippen MR) is 108 cm³/mol. The van der Waals surface area contributed by atoms with Crippen LogP contribution in [-0.2, 0) is 4.74 Å². The van der Waals surface area contributed by atoms with Crippen molar-refractivity contribution in [3.05, 3.63) is 42.0 Å². The van der Waals surface area contributed by atoms with Crippen LogP contribution in [0.15, 0.2) is 30.4 Å². The molecule has 1 aromatic rings. The maximum absolute atomic E-state index is 13.6.